The minimum absolute atomic E-state index is 0.00475. The maximum absolute atomic E-state index is 12.1. The number of aromatic nitrogens is 1. The Labute approximate surface area is 135 Å². The van der Waals surface area contributed by atoms with Gasteiger partial charge in [0.2, 0.25) is 0 Å². The van der Waals surface area contributed by atoms with Gasteiger partial charge >= 0.3 is 5.97 Å². The number of aryl methyl sites for hydroxylation is 1. The number of aliphatic carboxylic acids is 1. The molecule has 0 bridgehead atoms. The number of rotatable bonds is 5. The Morgan fingerprint density at radius 2 is 2.09 bits per heavy atom. The zero-order valence-electron chi connectivity index (χ0n) is 13.5. The lowest BCUT2D eigenvalue weighted by Crippen LogP contribution is -2.37. The van der Waals surface area contributed by atoms with Gasteiger partial charge in [0.05, 0.1) is 17.2 Å². The van der Waals surface area contributed by atoms with Crippen LogP contribution < -0.4 is 4.90 Å². The van der Waals surface area contributed by atoms with Crippen LogP contribution in [0.3, 0.4) is 0 Å². The summed E-state index contributed by atoms with van der Waals surface area (Å²) < 4.78 is 0. The fraction of sp³-hybridized carbons (Fsp3) is 0.529. The number of pyridine rings is 1. The number of Topliss-reactive ketones (excluding diaryl/α,β-unsaturated/α-hetero) is 1. The van der Waals surface area contributed by atoms with Crippen molar-refractivity contribution in [3.05, 3.63) is 22.9 Å². The van der Waals surface area contributed by atoms with Gasteiger partial charge in [-0.2, -0.15) is 5.26 Å². The molecule has 0 radical (unpaired) electrons. The second kappa shape index (κ2) is 7.23. The predicted molar refractivity (Wildman–Crippen MR) is 85.5 cm³/mol. The third-order valence-electron chi connectivity index (χ3n) is 4.23. The van der Waals surface area contributed by atoms with Crippen molar-refractivity contribution in [2.45, 2.75) is 39.5 Å². The lowest BCUT2D eigenvalue weighted by atomic mass is 9.96. The van der Waals surface area contributed by atoms with Crippen LogP contribution in [0.2, 0.25) is 0 Å². The molecule has 1 fully saturated rings. The maximum atomic E-state index is 12.1. The van der Waals surface area contributed by atoms with Gasteiger partial charge in [0.15, 0.2) is 5.78 Å². The normalized spacial score (nSPS) is 15.3. The fourth-order valence-corrected chi connectivity index (χ4v) is 2.90. The molecule has 1 saturated heterocycles. The summed E-state index contributed by atoms with van der Waals surface area (Å²) in [7, 11) is 0. The van der Waals surface area contributed by atoms with E-state index in [-0.39, 0.29) is 11.7 Å². The molecule has 1 aliphatic heterocycles. The summed E-state index contributed by atoms with van der Waals surface area (Å²) >= 11 is 0. The summed E-state index contributed by atoms with van der Waals surface area (Å²) in [6.45, 7) is 4.82. The quantitative estimate of drug-likeness (QED) is 0.839. The Morgan fingerprint density at radius 1 is 1.43 bits per heavy atom. The Balaban J connectivity index is 2.27. The van der Waals surface area contributed by atoms with Crippen LogP contribution in [-0.4, -0.2) is 34.9 Å². The van der Waals surface area contributed by atoms with Crippen LogP contribution in [-0.2, 0) is 4.79 Å². The van der Waals surface area contributed by atoms with E-state index in [1.165, 1.54) is 0 Å². The summed E-state index contributed by atoms with van der Waals surface area (Å²) in [5.41, 5.74) is 1.51. The first-order valence-corrected chi connectivity index (χ1v) is 7.90. The Kier molecular flexibility index (Phi) is 5.32. The molecule has 1 N–H and O–H groups in total. The van der Waals surface area contributed by atoms with Crippen LogP contribution in [0.15, 0.2) is 6.07 Å². The Hall–Kier alpha value is -2.42. The Morgan fingerprint density at radius 3 is 2.61 bits per heavy atom. The van der Waals surface area contributed by atoms with E-state index in [0.29, 0.717) is 55.0 Å². The summed E-state index contributed by atoms with van der Waals surface area (Å²) in [5.74, 6) is -0.537. The molecule has 0 unspecified atom stereocenters. The number of carboxylic acids is 1. The summed E-state index contributed by atoms with van der Waals surface area (Å²) in [6.07, 6.45) is 2.27. The molecule has 0 aliphatic carbocycles. The van der Waals surface area contributed by atoms with Crippen molar-refractivity contribution in [2.75, 3.05) is 18.0 Å². The first kappa shape index (κ1) is 16.9. The van der Waals surface area contributed by atoms with E-state index >= 15 is 0 Å². The van der Waals surface area contributed by atoms with Crippen molar-refractivity contribution >= 4 is 17.6 Å². The Bertz CT molecular complexity index is 656. The standard InChI is InChI=1S/C17H21N3O3/c1-3-4-15(21)14-9-13(10-18)16(19-11(14)2)20-7-5-12(6-8-20)17(22)23/h9,12H,3-8H2,1-2H3,(H,22,23). The van der Waals surface area contributed by atoms with Crippen molar-refractivity contribution in [2.24, 2.45) is 5.92 Å². The van der Waals surface area contributed by atoms with Crippen LogP contribution in [0.4, 0.5) is 5.82 Å². The minimum Gasteiger partial charge on any atom is -0.481 e. The molecule has 2 heterocycles. The van der Waals surface area contributed by atoms with E-state index in [2.05, 4.69) is 11.1 Å². The minimum atomic E-state index is -0.769. The molecular weight excluding hydrogens is 294 g/mol. The number of nitrogens with zero attached hydrogens (tertiary/aromatic N) is 3. The van der Waals surface area contributed by atoms with E-state index in [4.69, 9.17) is 5.11 Å². The van der Waals surface area contributed by atoms with Gasteiger partial charge in [-0.3, -0.25) is 9.59 Å². The topological polar surface area (TPSA) is 94.3 Å². The van der Waals surface area contributed by atoms with Crippen molar-refractivity contribution in [3.8, 4) is 6.07 Å². The zero-order chi connectivity index (χ0) is 17.0. The highest BCUT2D eigenvalue weighted by molar-refractivity contribution is 5.97. The number of anilines is 1. The van der Waals surface area contributed by atoms with Crippen LogP contribution in [0.1, 0.15) is 54.2 Å². The highest BCUT2D eigenvalue weighted by atomic mass is 16.4. The van der Waals surface area contributed by atoms with Crippen LogP contribution >= 0.6 is 0 Å². The second-order valence-corrected chi connectivity index (χ2v) is 5.88. The second-order valence-electron chi connectivity index (χ2n) is 5.88. The maximum Gasteiger partial charge on any atom is 0.306 e. The summed E-state index contributed by atoms with van der Waals surface area (Å²) in [5, 5.41) is 18.5. The first-order chi connectivity index (χ1) is 11.0. The molecule has 1 aromatic heterocycles. The van der Waals surface area contributed by atoms with Gasteiger partial charge in [-0.1, -0.05) is 6.92 Å². The number of ketones is 1. The van der Waals surface area contributed by atoms with E-state index in [0.717, 1.165) is 6.42 Å². The van der Waals surface area contributed by atoms with Gasteiger partial charge < -0.3 is 10.0 Å². The number of carboxylic acid groups (broad SMARTS) is 1. The van der Waals surface area contributed by atoms with E-state index < -0.39 is 5.97 Å². The molecule has 1 aromatic rings. The highest BCUT2D eigenvalue weighted by Gasteiger charge is 2.27. The van der Waals surface area contributed by atoms with E-state index in [1.807, 2.05) is 11.8 Å². The molecule has 1 aliphatic rings. The van der Waals surface area contributed by atoms with Crippen molar-refractivity contribution < 1.29 is 14.7 Å². The van der Waals surface area contributed by atoms with Crippen molar-refractivity contribution in [3.63, 3.8) is 0 Å². The molecular formula is C17H21N3O3. The molecule has 6 nitrogen and oxygen atoms in total. The molecule has 0 aromatic carbocycles. The van der Waals surface area contributed by atoms with Gasteiger partial charge in [0.1, 0.15) is 11.9 Å². The highest BCUT2D eigenvalue weighted by Crippen LogP contribution is 2.27. The van der Waals surface area contributed by atoms with Crippen molar-refractivity contribution in [1.29, 1.82) is 5.26 Å². The number of carbonyl (C=O) groups is 2. The zero-order valence-corrected chi connectivity index (χ0v) is 13.5. The number of piperidine rings is 1. The van der Waals surface area contributed by atoms with Gasteiger partial charge in [-0.05, 0) is 32.3 Å². The molecule has 0 amide bonds. The van der Waals surface area contributed by atoms with Crippen molar-refractivity contribution in [1.82, 2.24) is 4.98 Å². The SMILES string of the molecule is CCCC(=O)c1cc(C#N)c(N2CCC(C(=O)O)CC2)nc1C. The third kappa shape index (κ3) is 3.67. The monoisotopic (exact) mass is 315 g/mol. The summed E-state index contributed by atoms with van der Waals surface area (Å²) in [4.78, 5) is 29.6. The van der Waals surface area contributed by atoms with Gasteiger partial charge in [-0.15, -0.1) is 0 Å². The number of hydrogen-bond acceptors (Lipinski definition) is 5. The lowest BCUT2D eigenvalue weighted by Gasteiger charge is -2.31. The van der Waals surface area contributed by atoms with Gasteiger partial charge in [-0.25, -0.2) is 4.98 Å². The van der Waals surface area contributed by atoms with Crippen LogP contribution in [0.25, 0.3) is 0 Å². The molecule has 122 valence electrons. The average molecular weight is 315 g/mol. The third-order valence-corrected chi connectivity index (χ3v) is 4.23. The van der Waals surface area contributed by atoms with Crippen LogP contribution in [0, 0.1) is 24.2 Å². The van der Waals surface area contributed by atoms with Crippen LogP contribution in [0.5, 0.6) is 0 Å². The number of carbonyl (C=O) groups excluding carboxylic acids is 1. The van der Waals surface area contributed by atoms with Gasteiger partial charge in [0, 0.05) is 25.1 Å². The lowest BCUT2D eigenvalue weighted by molar-refractivity contribution is -0.142. The molecule has 0 spiro atoms. The number of hydrogen-bond donors (Lipinski definition) is 1. The first-order valence-electron chi connectivity index (χ1n) is 7.90. The largest absolute Gasteiger partial charge is 0.481 e. The molecule has 6 heteroatoms. The van der Waals surface area contributed by atoms with E-state index in [9.17, 15) is 14.9 Å². The average Bonchev–Trinajstić information content (AvgIpc) is 2.54. The molecule has 23 heavy (non-hydrogen) atoms. The molecule has 2 rings (SSSR count). The predicted octanol–water partition coefficient (Wildman–Crippen LogP) is 2.55. The molecule has 0 atom stereocenters. The smallest absolute Gasteiger partial charge is 0.306 e. The number of nitriles is 1. The fourth-order valence-electron chi connectivity index (χ4n) is 2.90. The van der Waals surface area contributed by atoms with Gasteiger partial charge in [0.25, 0.3) is 0 Å². The van der Waals surface area contributed by atoms with E-state index in [1.54, 1.807) is 13.0 Å². The summed E-state index contributed by atoms with van der Waals surface area (Å²) in [6, 6.07) is 3.74. The molecule has 0 saturated carbocycles.